The molecule has 2 heterocycles. The Bertz CT molecular complexity index is 1010. The van der Waals surface area contributed by atoms with E-state index in [1.807, 2.05) is 48.7 Å². The van der Waals surface area contributed by atoms with Gasteiger partial charge in [0.25, 0.3) is 0 Å². The Labute approximate surface area is 156 Å². The Morgan fingerprint density at radius 2 is 1.92 bits per heavy atom. The summed E-state index contributed by atoms with van der Waals surface area (Å²) in [7, 11) is 0. The smallest absolute Gasteiger partial charge is 0.232 e. The predicted octanol–water partition coefficient (Wildman–Crippen LogP) is 5.56. The molecule has 0 bridgehead atoms. The van der Waals surface area contributed by atoms with Gasteiger partial charge in [0, 0.05) is 17.0 Å². The summed E-state index contributed by atoms with van der Waals surface area (Å²) in [6, 6.07) is 15.5. The highest BCUT2D eigenvalue weighted by Gasteiger charge is 2.28. The highest BCUT2D eigenvalue weighted by molar-refractivity contribution is 7.11. The first kappa shape index (κ1) is 16.6. The van der Waals surface area contributed by atoms with Gasteiger partial charge in [0.15, 0.2) is 5.76 Å². The number of carbonyl (C=O) groups excluding carboxylic acids is 1. The lowest BCUT2D eigenvalue weighted by Crippen LogP contribution is -1.98. The number of Topliss-reactive ketones (excluding diaryl/α,β-unsaturated/α-hetero) is 1. The van der Waals surface area contributed by atoms with E-state index in [2.05, 4.69) is 13.0 Å². The first-order valence-electron chi connectivity index (χ1n) is 8.41. The number of hydrogen-bond acceptors (Lipinski definition) is 4. The van der Waals surface area contributed by atoms with Crippen LogP contribution in [0, 0.1) is 13.8 Å². The molecule has 26 heavy (non-hydrogen) atoms. The molecule has 4 rings (SSSR count). The molecule has 3 aromatic rings. The van der Waals surface area contributed by atoms with E-state index in [1.54, 1.807) is 23.5 Å². The minimum absolute atomic E-state index is 0.0850. The molecule has 0 saturated carbocycles. The van der Waals surface area contributed by atoms with Crippen LogP contribution in [0.15, 0.2) is 59.7 Å². The second-order valence-electron chi connectivity index (χ2n) is 6.28. The fourth-order valence-electron chi connectivity index (χ4n) is 2.84. The van der Waals surface area contributed by atoms with Crippen molar-refractivity contribution in [3.05, 3.63) is 86.8 Å². The van der Waals surface area contributed by atoms with Gasteiger partial charge in [-0.1, -0.05) is 24.3 Å². The van der Waals surface area contributed by atoms with Gasteiger partial charge in [-0.05, 0) is 54.1 Å². The van der Waals surface area contributed by atoms with Crippen LogP contribution in [0.2, 0.25) is 0 Å². The summed E-state index contributed by atoms with van der Waals surface area (Å²) in [5.41, 5.74) is 4.04. The highest BCUT2D eigenvalue weighted by atomic mass is 32.1. The molecule has 2 aromatic carbocycles. The maximum Gasteiger partial charge on any atom is 0.232 e. The Balaban J connectivity index is 1.53. The Morgan fingerprint density at radius 1 is 1.08 bits per heavy atom. The first-order valence-corrected chi connectivity index (χ1v) is 9.29. The van der Waals surface area contributed by atoms with E-state index in [4.69, 9.17) is 9.47 Å². The summed E-state index contributed by atoms with van der Waals surface area (Å²) < 4.78 is 11.7. The van der Waals surface area contributed by atoms with Crippen molar-refractivity contribution in [3.8, 4) is 11.5 Å². The number of thiophene rings is 1. The van der Waals surface area contributed by atoms with E-state index < -0.39 is 0 Å². The average Bonchev–Trinajstić information content (AvgIpc) is 3.18. The zero-order chi connectivity index (χ0) is 18.1. The SMILES string of the molecule is Cc1ccccc1COc1ccc2c(c1)O/C(=C\c1sccc1C)C2=O. The molecule has 1 aromatic heterocycles. The quantitative estimate of drug-likeness (QED) is 0.570. The molecule has 0 saturated heterocycles. The fraction of sp³-hybridized carbons (Fsp3) is 0.136. The summed E-state index contributed by atoms with van der Waals surface area (Å²) in [4.78, 5) is 13.6. The van der Waals surface area contributed by atoms with Gasteiger partial charge in [0.1, 0.15) is 18.1 Å². The zero-order valence-electron chi connectivity index (χ0n) is 14.6. The maximum atomic E-state index is 12.5. The monoisotopic (exact) mass is 362 g/mol. The third-order valence-electron chi connectivity index (χ3n) is 4.46. The molecular formula is C22H18O3S. The number of allylic oxidation sites excluding steroid dienone is 1. The van der Waals surface area contributed by atoms with Gasteiger partial charge in [-0.25, -0.2) is 0 Å². The van der Waals surface area contributed by atoms with Crippen molar-refractivity contribution >= 4 is 23.2 Å². The van der Waals surface area contributed by atoms with Crippen LogP contribution in [0.3, 0.4) is 0 Å². The molecule has 0 amide bonds. The van der Waals surface area contributed by atoms with Crippen LogP contribution in [0.25, 0.3) is 6.08 Å². The standard InChI is InChI=1S/C22H18O3S/c1-14-5-3-4-6-16(14)13-24-17-7-8-18-19(11-17)25-20(22(18)23)12-21-15(2)9-10-26-21/h3-12H,13H2,1-2H3/b20-12-. The third kappa shape index (κ3) is 3.16. The minimum Gasteiger partial charge on any atom is -0.489 e. The van der Waals surface area contributed by atoms with Gasteiger partial charge < -0.3 is 9.47 Å². The van der Waals surface area contributed by atoms with Gasteiger partial charge in [-0.2, -0.15) is 0 Å². The molecule has 0 unspecified atom stereocenters. The van der Waals surface area contributed by atoms with Crippen molar-refractivity contribution in [2.24, 2.45) is 0 Å². The van der Waals surface area contributed by atoms with Gasteiger partial charge in [0.05, 0.1) is 5.56 Å². The van der Waals surface area contributed by atoms with Crippen LogP contribution < -0.4 is 9.47 Å². The number of hydrogen-bond donors (Lipinski definition) is 0. The van der Waals surface area contributed by atoms with Crippen LogP contribution in [0.5, 0.6) is 11.5 Å². The molecule has 0 spiro atoms. The predicted molar refractivity (Wildman–Crippen MR) is 104 cm³/mol. The third-order valence-corrected chi connectivity index (χ3v) is 5.43. The average molecular weight is 362 g/mol. The molecule has 0 aliphatic carbocycles. The van der Waals surface area contributed by atoms with E-state index >= 15 is 0 Å². The van der Waals surface area contributed by atoms with Gasteiger partial charge in [0.2, 0.25) is 5.78 Å². The zero-order valence-corrected chi connectivity index (χ0v) is 15.4. The van der Waals surface area contributed by atoms with Crippen LogP contribution in [-0.2, 0) is 6.61 Å². The Morgan fingerprint density at radius 3 is 2.69 bits per heavy atom. The van der Waals surface area contributed by atoms with E-state index in [0.29, 0.717) is 29.4 Å². The largest absolute Gasteiger partial charge is 0.489 e. The number of benzene rings is 2. The van der Waals surface area contributed by atoms with Crippen molar-refractivity contribution in [2.45, 2.75) is 20.5 Å². The Kier molecular flexibility index (Phi) is 4.35. The van der Waals surface area contributed by atoms with Crippen molar-refractivity contribution in [2.75, 3.05) is 0 Å². The van der Waals surface area contributed by atoms with Crippen molar-refractivity contribution < 1.29 is 14.3 Å². The molecule has 1 aliphatic heterocycles. The molecular weight excluding hydrogens is 344 g/mol. The summed E-state index contributed by atoms with van der Waals surface area (Å²) in [5, 5.41) is 2.01. The van der Waals surface area contributed by atoms with E-state index in [1.165, 1.54) is 5.56 Å². The van der Waals surface area contributed by atoms with Crippen LogP contribution >= 0.6 is 11.3 Å². The van der Waals surface area contributed by atoms with E-state index in [-0.39, 0.29) is 5.78 Å². The molecule has 4 heteroatoms. The van der Waals surface area contributed by atoms with E-state index in [9.17, 15) is 4.79 Å². The number of fused-ring (bicyclic) bond motifs is 1. The number of ether oxygens (including phenoxy) is 2. The summed E-state index contributed by atoms with van der Waals surface area (Å²) in [5.74, 6) is 1.52. The van der Waals surface area contributed by atoms with Crippen LogP contribution in [-0.4, -0.2) is 5.78 Å². The number of rotatable bonds is 4. The lowest BCUT2D eigenvalue weighted by atomic mass is 10.1. The summed E-state index contributed by atoms with van der Waals surface area (Å²) in [6.07, 6.45) is 1.82. The van der Waals surface area contributed by atoms with E-state index in [0.717, 1.165) is 16.0 Å². The summed E-state index contributed by atoms with van der Waals surface area (Å²) in [6.45, 7) is 4.57. The topological polar surface area (TPSA) is 35.5 Å². The van der Waals surface area contributed by atoms with Crippen molar-refractivity contribution in [1.82, 2.24) is 0 Å². The summed E-state index contributed by atoms with van der Waals surface area (Å²) >= 11 is 1.59. The van der Waals surface area contributed by atoms with Crippen LogP contribution in [0.1, 0.15) is 31.9 Å². The molecule has 0 N–H and O–H groups in total. The second-order valence-corrected chi connectivity index (χ2v) is 7.23. The molecule has 0 radical (unpaired) electrons. The lowest BCUT2D eigenvalue weighted by Gasteiger charge is -2.09. The normalized spacial score (nSPS) is 14.4. The van der Waals surface area contributed by atoms with Crippen molar-refractivity contribution in [1.29, 1.82) is 0 Å². The number of carbonyl (C=O) groups is 1. The fourth-order valence-corrected chi connectivity index (χ4v) is 3.69. The van der Waals surface area contributed by atoms with Gasteiger partial charge in [-0.3, -0.25) is 4.79 Å². The molecule has 130 valence electrons. The Hall–Kier alpha value is -2.85. The molecule has 0 atom stereocenters. The molecule has 1 aliphatic rings. The number of aryl methyl sites for hydroxylation is 2. The van der Waals surface area contributed by atoms with Gasteiger partial charge in [-0.15, -0.1) is 11.3 Å². The van der Waals surface area contributed by atoms with Gasteiger partial charge >= 0.3 is 0 Å². The van der Waals surface area contributed by atoms with Crippen LogP contribution in [0.4, 0.5) is 0 Å². The first-order chi connectivity index (χ1) is 12.6. The maximum absolute atomic E-state index is 12.5. The molecule has 3 nitrogen and oxygen atoms in total. The highest BCUT2D eigenvalue weighted by Crippen LogP contribution is 2.35. The van der Waals surface area contributed by atoms with Crippen molar-refractivity contribution in [3.63, 3.8) is 0 Å². The number of ketones is 1. The minimum atomic E-state index is -0.0850. The second kappa shape index (κ2) is 6.81. The lowest BCUT2D eigenvalue weighted by molar-refractivity contribution is 0.101. The molecule has 0 fully saturated rings.